The lowest BCUT2D eigenvalue weighted by Crippen LogP contribution is -2.38. The minimum atomic E-state index is -3.17. The minimum Gasteiger partial charge on any atom is -0.325 e. The number of sulfonamides is 1. The van der Waals surface area contributed by atoms with Gasteiger partial charge in [-0.3, -0.25) is 4.31 Å². The van der Waals surface area contributed by atoms with E-state index in [9.17, 15) is 8.42 Å². The van der Waals surface area contributed by atoms with E-state index in [1.165, 1.54) is 4.31 Å². The van der Waals surface area contributed by atoms with E-state index >= 15 is 0 Å². The predicted molar refractivity (Wildman–Crippen MR) is 62.5 cm³/mol. The van der Waals surface area contributed by atoms with Gasteiger partial charge in [0.2, 0.25) is 10.0 Å². The van der Waals surface area contributed by atoms with Crippen LogP contribution in [0.1, 0.15) is 18.5 Å². The molecular weight excluding hydrogens is 226 g/mol. The van der Waals surface area contributed by atoms with E-state index < -0.39 is 10.0 Å². The fourth-order valence-electron chi connectivity index (χ4n) is 1.77. The first kappa shape index (κ1) is 11.3. The number of nitrogens with two attached hydrogens (primary N) is 1. The Bertz CT molecular complexity index is 473. The van der Waals surface area contributed by atoms with Crippen LogP contribution in [0.15, 0.2) is 18.2 Å². The second-order valence-electron chi connectivity index (χ2n) is 3.79. The molecule has 2 heterocycles. The summed E-state index contributed by atoms with van der Waals surface area (Å²) in [5, 5.41) is 0. The van der Waals surface area contributed by atoms with Crippen molar-refractivity contribution in [2.24, 2.45) is 5.73 Å². The van der Waals surface area contributed by atoms with Gasteiger partial charge in [-0.2, -0.15) is 0 Å². The minimum absolute atomic E-state index is 0.210. The van der Waals surface area contributed by atoms with Gasteiger partial charge in [-0.15, -0.1) is 0 Å². The third-order valence-corrected chi connectivity index (χ3v) is 4.45. The van der Waals surface area contributed by atoms with Gasteiger partial charge in [-0.05, 0) is 25.0 Å². The number of hydrogen-bond acceptors (Lipinski definition) is 4. The summed E-state index contributed by atoms with van der Waals surface area (Å²) in [6, 6.07) is 5.29. The van der Waals surface area contributed by atoms with Crippen LogP contribution in [-0.4, -0.2) is 25.7 Å². The highest BCUT2D eigenvalue weighted by atomic mass is 32.2. The van der Waals surface area contributed by atoms with E-state index in [4.69, 9.17) is 5.73 Å². The Labute approximate surface area is 95.3 Å². The lowest BCUT2D eigenvalue weighted by Gasteiger charge is -2.27. The van der Waals surface area contributed by atoms with E-state index in [2.05, 4.69) is 4.98 Å². The van der Waals surface area contributed by atoms with Gasteiger partial charge in [-0.25, -0.2) is 13.4 Å². The van der Waals surface area contributed by atoms with Gasteiger partial charge in [-0.1, -0.05) is 6.07 Å². The third kappa shape index (κ3) is 2.17. The number of anilines is 1. The summed E-state index contributed by atoms with van der Waals surface area (Å²) in [7, 11) is -3.17. The quantitative estimate of drug-likeness (QED) is 0.816. The van der Waals surface area contributed by atoms with Crippen molar-refractivity contribution in [1.82, 2.24) is 4.98 Å². The molecule has 0 spiro atoms. The summed E-state index contributed by atoms with van der Waals surface area (Å²) >= 11 is 0. The average Bonchev–Trinajstić information content (AvgIpc) is 2.28. The van der Waals surface area contributed by atoms with E-state index in [0.717, 1.165) is 12.8 Å². The second-order valence-corrected chi connectivity index (χ2v) is 5.80. The zero-order valence-electron chi connectivity index (χ0n) is 8.96. The second kappa shape index (κ2) is 4.39. The highest BCUT2D eigenvalue weighted by molar-refractivity contribution is 7.92. The fourth-order valence-corrected chi connectivity index (χ4v) is 3.35. The molecule has 2 N–H and O–H groups in total. The molecule has 88 valence electrons. The van der Waals surface area contributed by atoms with Crippen molar-refractivity contribution in [3.63, 3.8) is 0 Å². The lowest BCUT2D eigenvalue weighted by molar-refractivity contribution is 0.573. The Hall–Kier alpha value is -1.14. The number of hydrogen-bond donors (Lipinski definition) is 1. The highest BCUT2D eigenvalue weighted by Gasteiger charge is 2.26. The maximum Gasteiger partial charge on any atom is 0.236 e. The molecular formula is C10H15N3O2S. The van der Waals surface area contributed by atoms with Gasteiger partial charge in [0.15, 0.2) is 0 Å². The standard InChI is InChI=1S/C10H15N3O2S/c11-8-9-4-3-5-10(12-9)13-6-1-2-7-16(13,14)15/h3-5H,1-2,6-8,11H2. The Morgan fingerprint density at radius 2 is 2.19 bits per heavy atom. The number of pyridine rings is 1. The summed E-state index contributed by atoms with van der Waals surface area (Å²) in [4.78, 5) is 4.23. The molecule has 0 aliphatic carbocycles. The van der Waals surface area contributed by atoms with Crippen LogP contribution in [0.5, 0.6) is 0 Å². The highest BCUT2D eigenvalue weighted by Crippen LogP contribution is 2.21. The molecule has 1 saturated heterocycles. The van der Waals surface area contributed by atoms with Crippen LogP contribution >= 0.6 is 0 Å². The predicted octanol–water partition coefficient (Wildman–Crippen LogP) is 0.470. The molecule has 1 aliphatic heterocycles. The monoisotopic (exact) mass is 241 g/mol. The number of aromatic nitrogens is 1. The largest absolute Gasteiger partial charge is 0.325 e. The van der Waals surface area contributed by atoms with Gasteiger partial charge in [0.05, 0.1) is 11.4 Å². The molecule has 2 rings (SSSR count). The molecule has 1 fully saturated rings. The molecule has 0 unspecified atom stereocenters. The van der Waals surface area contributed by atoms with Crippen molar-refractivity contribution in [2.45, 2.75) is 19.4 Å². The molecule has 0 atom stereocenters. The number of rotatable bonds is 2. The summed E-state index contributed by atoms with van der Waals surface area (Å²) in [5.74, 6) is 0.698. The molecule has 0 saturated carbocycles. The summed E-state index contributed by atoms with van der Waals surface area (Å²) in [5.41, 5.74) is 6.19. The van der Waals surface area contributed by atoms with Gasteiger partial charge in [0.1, 0.15) is 5.82 Å². The van der Waals surface area contributed by atoms with E-state index in [1.54, 1.807) is 18.2 Å². The molecule has 1 aliphatic rings. The Morgan fingerprint density at radius 1 is 1.38 bits per heavy atom. The number of nitrogens with zero attached hydrogens (tertiary/aromatic N) is 2. The topological polar surface area (TPSA) is 76.3 Å². The zero-order valence-corrected chi connectivity index (χ0v) is 9.78. The normalized spacial score (nSPS) is 19.7. The van der Waals surface area contributed by atoms with Crippen LogP contribution in [0.2, 0.25) is 0 Å². The van der Waals surface area contributed by atoms with Gasteiger partial charge in [0, 0.05) is 13.1 Å². The molecule has 0 amide bonds. The first-order valence-corrected chi connectivity index (χ1v) is 6.91. The van der Waals surface area contributed by atoms with Crippen LogP contribution in [0.4, 0.5) is 5.82 Å². The van der Waals surface area contributed by atoms with Crippen molar-refractivity contribution in [2.75, 3.05) is 16.6 Å². The SMILES string of the molecule is NCc1cccc(N2CCCCS2(=O)=O)n1. The maximum atomic E-state index is 11.8. The van der Waals surface area contributed by atoms with E-state index in [0.29, 0.717) is 24.6 Å². The molecule has 0 radical (unpaired) electrons. The van der Waals surface area contributed by atoms with Crippen LogP contribution < -0.4 is 10.0 Å². The summed E-state index contributed by atoms with van der Waals surface area (Å²) < 4.78 is 25.1. The molecule has 1 aromatic heterocycles. The van der Waals surface area contributed by atoms with Crippen molar-refractivity contribution in [3.05, 3.63) is 23.9 Å². The molecule has 0 bridgehead atoms. The van der Waals surface area contributed by atoms with Crippen LogP contribution in [-0.2, 0) is 16.6 Å². The Balaban J connectivity index is 2.35. The third-order valence-electron chi connectivity index (χ3n) is 2.61. The smallest absolute Gasteiger partial charge is 0.236 e. The van der Waals surface area contributed by atoms with E-state index in [-0.39, 0.29) is 5.75 Å². The zero-order chi connectivity index (χ0) is 11.6. The van der Waals surface area contributed by atoms with Crippen LogP contribution in [0.25, 0.3) is 0 Å². The van der Waals surface area contributed by atoms with Crippen molar-refractivity contribution in [1.29, 1.82) is 0 Å². The van der Waals surface area contributed by atoms with Gasteiger partial charge in [0.25, 0.3) is 0 Å². The van der Waals surface area contributed by atoms with E-state index in [1.807, 2.05) is 0 Å². The van der Waals surface area contributed by atoms with Crippen LogP contribution in [0.3, 0.4) is 0 Å². The molecule has 1 aromatic rings. The van der Waals surface area contributed by atoms with Gasteiger partial charge < -0.3 is 5.73 Å². The Kier molecular flexibility index (Phi) is 3.11. The summed E-state index contributed by atoms with van der Waals surface area (Å²) in [6.07, 6.45) is 1.61. The van der Waals surface area contributed by atoms with Gasteiger partial charge >= 0.3 is 0 Å². The molecule has 0 aromatic carbocycles. The van der Waals surface area contributed by atoms with Crippen molar-refractivity contribution < 1.29 is 8.42 Å². The van der Waals surface area contributed by atoms with Crippen molar-refractivity contribution >= 4 is 15.8 Å². The average molecular weight is 241 g/mol. The molecule has 6 heteroatoms. The van der Waals surface area contributed by atoms with Crippen molar-refractivity contribution in [3.8, 4) is 0 Å². The fraction of sp³-hybridized carbons (Fsp3) is 0.500. The first-order valence-electron chi connectivity index (χ1n) is 5.30. The lowest BCUT2D eigenvalue weighted by atomic mass is 10.3. The van der Waals surface area contributed by atoms with Crippen LogP contribution in [0, 0.1) is 0 Å². The first-order chi connectivity index (χ1) is 7.63. The summed E-state index contributed by atoms with van der Waals surface area (Å²) in [6.45, 7) is 0.838. The Morgan fingerprint density at radius 3 is 2.88 bits per heavy atom. The maximum absolute atomic E-state index is 11.8. The molecule has 5 nitrogen and oxygen atoms in total. The molecule has 16 heavy (non-hydrogen) atoms.